The van der Waals surface area contributed by atoms with Crippen molar-refractivity contribution >= 4 is 28.7 Å². The van der Waals surface area contributed by atoms with Crippen LogP contribution in [0, 0.1) is 19.8 Å². The van der Waals surface area contributed by atoms with Crippen LogP contribution in [0.5, 0.6) is 0 Å². The summed E-state index contributed by atoms with van der Waals surface area (Å²) in [6, 6.07) is 3.97. The molecule has 0 unspecified atom stereocenters. The molecule has 3 rings (SSSR count). The molecule has 1 fully saturated rings. The lowest BCUT2D eigenvalue weighted by atomic mass is 9.97. The zero-order chi connectivity index (χ0) is 23.3. The highest BCUT2D eigenvalue weighted by Crippen LogP contribution is 2.26. The van der Waals surface area contributed by atoms with Crippen molar-refractivity contribution in [1.82, 2.24) is 14.9 Å². The molecule has 2 heterocycles. The second-order valence-corrected chi connectivity index (χ2v) is 8.60. The van der Waals surface area contributed by atoms with E-state index in [1.165, 1.54) is 0 Å². The molecule has 7 heteroatoms. The average molecular weight is 441 g/mol. The number of esters is 1. The number of aryl methyl sites for hydroxylation is 2. The van der Waals surface area contributed by atoms with Gasteiger partial charge < -0.3 is 14.5 Å². The van der Waals surface area contributed by atoms with Crippen LogP contribution in [-0.2, 0) is 9.53 Å². The summed E-state index contributed by atoms with van der Waals surface area (Å²) in [5.74, 6) is 0.439. The Labute approximate surface area is 191 Å². The number of piperazine rings is 1. The molecule has 7 nitrogen and oxygen atoms in total. The maximum absolute atomic E-state index is 13.0. The second kappa shape index (κ2) is 10.7. The van der Waals surface area contributed by atoms with E-state index < -0.39 is 5.97 Å². The maximum Gasteiger partial charge on any atom is 0.360 e. The highest BCUT2D eigenvalue weighted by atomic mass is 16.5. The number of carbonyl (C=O) groups is 2. The van der Waals surface area contributed by atoms with Gasteiger partial charge in [0.05, 0.1) is 17.6 Å². The Morgan fingerprint density at radius 3 is 2.19 bits per heavy atom. The van der Waals surface area contributed by atoms with Crippen molar-refractivity contribution in [3.8, 4) is 0 Å². The van der Waals surface area contributed by atoms with Crippen molar-refractivity contribution in [3.63, 3.8) is 0 Å². The SMILES string of the molecule is CCCC[C@H](CC)C(=O)N1CCN(c2nc3cc(C)c(C)cc3nc2C(=O)OCC)CC1. The van der Waals surface area contributed by atoms with Gasteiger partial charge in [0.15, 0.2) is 11.5 Å². The number of hydrogen-bond acceptors (Lipinski definition) is 6. The quantitative estimate of drug-likeness (QED) is 0.570. The predicted molar refractivity (Wildman–Crippen MR) is 127 cm³/mol. The first-order chi connectivity index (χ1) is 15.4. The monoisotopic (exact) mass is 440 g/mol. The van der Waals surface area contributed by atoms with E-state index in [0.717, 1.165) is 42.3 Å². The van der Waals surface area contributed by atoms with Gasteiger partial charge in [0.2, 0.25) is 5.91 Å². The first-order valence-electron chi connectivity index (χ1n) is 11.9. The molecule has 2 aromatic rings. The van der Waals surface area contributed by atoms with Crippen LogP contribution >= 0.6 is 0 Å². The molecule has 0 spiro atoms. The van der Waals surface area contributed by atoms with Crippen LogP contribution in [0.3, 0.4) is 0 Å². The molecule has 0 aliphatic carbocycles. The second-order valence-electron chi connectivity index (χ2n) is 8.60. The van der Waals surface area contributed by atoms with Gasteiger partial charge in [0, 0.05) is 32.1 Å². The van der Waals surface area contributed by atoms with E-state index in [2.05, 4.69) is 23.7 Å². The number of hydrogen-bond donors (Lipinski definition) is 0. The third-order valence-corrected chi connectivity index (χ3v) is 6.37. The van der Waals surface area contributed by atoms with Crippen molar-refractivity contribution < 1.29 is 14.3 Å². The smallest absolute Gasteiger partial charge is 0.360 e. The normalized spacial score (nSPS) is 15.2. The molecule has 1 amide bonds. The third kappa shape index (κ3) is 5.19. The Morgan fingerprint density at radius 1 is 1.00 bits per heavy atom. The lowest BCUT2D eigenvalue weighted by Gasteiger charge is -2.37. The zero-order valence-corrected chi connectivity index (χ0v) is 20.1. The van der Waals surface area contributed by atoms with E-state index in [1.807, 2.05) is 30.9 Å². The van der Waals surface area contributed by atoms with Crippen molar-refractivity contribution in [1.29, 1.82) is 0 Å². The Hall–Kier alpha value is -2.70. The summed E-state index contributed by atoms with van der Waals surface area (Å²) in [7, 11) is 0. The number of carbonyl (C=O) groups excluding carboxylic acids is 2. The molecule has 1 aliphatic rings. The summed E-state index contributed by atoms with van der Waals surface area (Å²) >= 11 is 0. The Morgan fingerprint density at radius 2 is 1.62 bits per heavy atom. The highest BCUT2D eigenvalue weighted by Gasteiger charge is 2.29. The van der Waals surface area contributed by atoms with Crippen LogP contribution in [0.1, 0.15) is 68.1 Å². The van der Waals surface area contributed by atoms with E-state index in [4.69, 9.17) is 9.72 Å². The number of nitrogens with zero attached hydrogens (tertiary/aromatic N) is 4. The molecule has 1 atom stereocenters. The number of benzene rings is 1. The fraction of sp³-hybridized carbons (Fsp3) is 0.600. The molecular formula is C25H36N4O3. The van der Waals surface area contributed by atoms with Gasteiger partial charge in [-0.3, -0.25) is 4.79 Å². The van der Waals surface area contributed by atoms with Gasteiger partial charge in [-0.05, 0) is 56.9 Å². The molecule has 0 radical (unpaired) electrons. The minimum absolute atomic E-state index is 0.100. The molecular weight excluding hydrogens is 404 g/mol. The van der Waals surface area contributed by atoms with Gasteiger partial charge in [0.25, 0.3) is 0 Å². The van der Waals surface area contributed by atoms with Gasteiger partial charge in [0.1, 0.15) is 0 Å². The van der Waals surface area contributed by atoms with Crippen LogP contribution in [0.15, 0.2) is 12.1 Å². The Bertz CT molecular complexity index is 967. The van der Waals surface area contributed by atoms with Crippen molar-refractivity contribution in [2.75, 3.05) is 37.7 Å². The van der Waals surface area contributed by atoms with Crippen molar-refractivity contribution in [2.24, 2.45) is 5.92 Å². The molecule has 0 bridgehead atoms. The summed E-state index contributed by atoms with van der Waals surface area (Å²) in [5.41, 5.74) is 3.94. The molecule has 174 valence electrons. The third-order valence-electron chi connectivity index (χ3n) is 6.37. The number of unbranched alkanes of at least 4 members (excludes halogenated alkanes) is 1. The number of fused-ring (bicyclic) bond motifs is 1. The topological polar surface area (TPSA) is 75.6 Å². The predicted octanol–water partition coefficient (Wildman–Crippen LogP) is 4.29. The number of aromatic nitrogens is 2. The Balaban J connectivity index is 1.84. The zero-order valence-electron chi connectivity index (χ0n) is 20.1. The molecule has 0 saturated carbocycles. The average Bonchev–Trinajstić information content (AvgIpc) is 2.79. The number of rotatable bonds is 8. The van der Waals surface area contributed by atoms with Crippen LogP contribution in [0.25, 0.3) is 11.0 Å². The first-order valence-corrected chi connectivity index (χ1v) is 11.9. The minimum Gasteiger partial charge on any atom is -0.461 e. The van der Waals surface area contributed by atoms with Gasteiger partial charge in [-0.25, -0.2) is 14.8 Å². The standard InChI is InChI=1S/C25H36N4O3/c1-6-9-10-19(7-2)24(30)29-13-11-28(12-14-29)23-22(25(31)32-8-3)26-20-15-17(4)18(5)16-21(20)27-23/h15-16,19H,6-14H2,1-5H3/t19-/m0/s1. The van der Waals surface area contributed by atoms with E-state index >= 15 is 0 Å². The summed E-state index contributed by atoms with van der Waals surface area (Å²) < 4.78 is 5.27. The molecule has 1 saturated heterocycles. The Kier molecular flexibility index (Phi) is 8.04. The maximum atomic E-state index is 13.0. The van der Waals surface area contributed by atoms with Crippen LogP contribution < -0.4 is 4.90 Å². The van der Waals surface area contributed by atoms with E-state index in [-0.39, 0.29) is 24.1 Å². The molecule has 1 aromatic heterocycles. The van der Waals surface area contributed by atoms with Gasteiger partial charge in [-0.2, -0.15) is 0 Å². The molecule has 32 heavy (non-hydrogen) atoms. The van der Waals surface area contributed by atoms with Crippen LogP contribution in [0.2, 0.25) is 0 Å². The minimum atomic E-state index is -0.459. The van der Waals surface area contributed by atoms with Crippen molar-refractivity contribution in [3.05, 3.63) is 29.0 Å². The fourth-order valence-corrected chi connectivity index (χ4v) is 4.21. The highest BCUT2D eigenvalue weighted by molar-refractivity contribution is 5.95. The lowest BCUT2D eigenvalue weighted by Crippen LogP contribution is -2.51. The van der Waals surface area contributed by atoms with E-state index in [1.54, 1.807) is 6.92 Å². The summed E-state index contributed by atoms with van der Waals surface area (Å²) in [6.07, 6.45) is 4.02. The van der Waals surface area contributed by atoms with Crippen LogP contribution in [-0.4, -0.2) is 59.5 Å². The summed E-state index contributed by atoms with van der Waals surface area (Å²) in [4.78, 5) is 39.2. The first kappa shape index (κ1) is 24.0. The molecule has 1 aliphatic heterocycles. The van der Waals surface area contributed by atoms with Crippen LogP contribution in [0.4, 0.5) is 5.82 Å². The number of amides is 1. The van der Waals surface area contributed by atoms with E-state index in [0.29, 0.717) is 37.5 Å². The molecule has 1 aromatic carbocycles. The van der Waals surface area contributed by atoms with Gasteiger partial charge in [-0.15, -0.1) is 0 Å². The molecule has 0 N–H and O–H groups in total. The van der Waals surface area contributed by atoms with Gasteiger partial charge in [-0.1, -0.05) is 26.7 Å². The van der Waals surface area contributed by atoms with E-state index in [9.17, 15) is 9.59 Å². The van der Waals surface area contributed by atoms with Gasteiger partial charge >= 0.3 is 5.97 Å². The largest absolute Gasteiger partial charge is 0.461 e. The fourth-order valence-electron chi connectivity index (χ4n) is 4.21. The number of ether oxygens (including phenoxy) is 1. The summed E-state index contributed by atoms with van der Waals surface area (Å²) in [5, 5.41) is 0. The lowest BCUT2D eigenvalue weighted by molar-refractivity contribution is -0.136. The van der Waals surface area contributed by atoms with Crippen molar-refractivity contribution in [2.45, 2.75) is 60.3 Å². The number of anilines is 1. The summed E-state index contributed by atoms with van der Waals surface area (Å²) in [6.45, 7) is 12.9.